The highest BCUT2D eigenvalue weighted by Gasteiger charge is 2.40. The zero-order valence-corrected chi connectivity index (χ0v) is 14.9. The van der Waals surface area contributed by atoms with Gasteiger partial charge in [0.25, 0.3) is 0 Å². The number of rotatable bonds is 4. The molecule has 0 bridgehead atoms. The highest BCUT2D eigenvalue weighted by molar-refractivity contribution is 4.94. The van der Waals surface area contributed by atoms with Crippen LogP contribution in [-0.4, -0.2) is 30.1 Å². The fourth-order valence-electron chi connectivity index (χ4n) is 4.78. The number of likely N-dealkylation sites (tertiary alicyclic amines) is 1. The average molecular weight is 295 g/mol. The number of hydrogen-bond acceptors (Lipinski definition) is 2. The number of nitrogens with zero attached hydrogens (tertiary/aromatic N) is 1. The molecule has 1 heterocycles. The maximum atomic E-state index is 6.15. The third-order valence-electron chi connectivity index (χ3n) is 6.20. The summed E-state index contributed by atoms with van der Waals surface area (Å²) in [6, 6.07) is 1.59. The molecule has 4 unspecified atom stereocenters. The van der Waals surface area contributed by atoms with Crippen LogP contribution in [0.2, 0.25) is 0 Å². The van der Waals surface area contributed by atoms with Gasteiger partial charge in [-0.1, -0.05) is 40.5 Å². The molecule has 0 amide bonds. The molecule has 1 saturated carbocycles. The fourth-order valence-corrected chi connectivity index (χ4v) is 4.78. The molecule has 2 nitrogen and oxygen atoms in total. The Labute approximate surface area is 132 Å². The molecule has 124 valence electrons. The maximum absolute atomic E-state index is 6.15. The van der Waals surface area contributed by atoms with Crippen molar-refractivity contribution in [3.63, 3.8) is 0 Å². The van der Waals surface area contributed by atoms with Gasteiger partial charge in [-0.2, -0.15) is 0 Å². The zero-order chi connectivity index (χ0) is 15.5. The van der Waals surface area contributed by atoms with Crippen molar-refractivity contribution in [1.82, 2.24) is 4.90 Å². The van der Waals surface area contributed by atoms with Crippen LogP contribution in [-0.2, 0) is 0 Å². The summed E-state index contributed by atoms with van der Waals surface area (Å²) in [5.41, 5.74) is 6.60. The monoisotopic (exact) mass is 294 g/mol. The summed E-state index contributed by atoms with van der Waals surface area (Å²) in [6.45, 7) is 11.8. The summed E-state index contributed by atoms with van der Waals surface area (Å²) in [5, 5.41) is 0. The van der Waals surface area contributed by atoms with E-state index in [4.69, 9.17) is 5.73 Å². The molecule has 0 spiro atoms. The fraction of sp³-hybridized carbons (Fsp3) is 1.00. The van der Waals surface area contributed by atoms with Crippen LogP contribution in [0.1, 0.15) is 79.1 Å². The molecule has 1 aliphatic carbocycles. The second-order valence-electron chi connectivity index (χ2n) is 8.62. The van der Waals surface area contributed by atoms with E-state index in [9.17, 15) is 0 Å². The third kappa shape index (κ3) is 4.22. The van der Waals surface area contributed by atoms with Crippen molar-refractivity contribution < 1.29 is 0 Å². The van der Waals surface area contributed by atoms with Crippen LogP contribution in [0.25, 0.3) is 0 Å². The summed E-state index contributed by atoms with van der Waals surface area (Å²) < 4.78 is 0. The van der Waals surface area contributed by atoms with Gasteiger partial charge in [-0.25, -0.2) is 0 Å². The Balaban J connectivity index is 2.11. The molecule has 2 fully saturated rings. The smallest absolute Gasteiger partial charge is 0.0141 e. The first kappa shape index (κ1) is 17.3. The van der Waals surface area contributed by atoms with Crippen LogP contribution < -0.4 is 5.73 Å². The second-order valence-corrected chi connectivity index (χ2v) is 8.62. The molecule has 4 atom stereocenters. The van der Waals surface area contributed by atoms with E-state index < -0.39 is 0 Å². The highest BCUT2D eigenvalue weighted by Crippen LogP contribution is 2.43. The van der Waals surface area contributed by atoms with Gasteiger partial charge in [-0.05, 0) is 68.9 Å². The van der Waals surface area contributed by atoms with Crippen molar-refractivity contribution in [1.29, 1.82) is 0 Å². The summed E-state index contributed by atoms with van der Waals surface area (Å²) in [6.07, 6.45) is 11.1. The zero-order valence-electron chi connectivity index (χ0n) is 14.9. The standard InChI is InChI=1S/C19H38N2/c1-5-8-17-9-6-7-12-21(17)18-13-16(19(2,3)4)11-10-15(18)14-20/h15-18H,5-14,20H2,1-4H3. The van der Waals surface area contributed by atoms with Gasteiger partial charge in [-0.3, -0.25) is 4.90 Å². The molecule has 21 heavy (non-hydrogen) atoms. The van der Waals surface area contributed by atoms with E-state index in [1.807, 2.05) is 0 Å². The van der Waals surface area contributed by atoms with E-state index >= 15 is 0 Å². The molecule has 2 aliphatic rings. The molecule has 2 rings (SSSR count). The van der Waals surface area contributed by atoms with Crippen LogP contribution in [0.5, 0.6) is 0 Å². The molecule has 0 radical (unpaired) electrons. The van der Waals surface area contributed by atoms with Crippen molar-refractivity contribution in [3.8, 4) is 0 Å². The van der Waals surface area contributed by atoms with Gasteiger partial charge in [0.2, 0.25) is 0 Å². The lowest BCUT2D eigenvalue weighted by molar-refractivity contribution is 0.00190. The lowest BCUT2D eigenvalue weighted by Crippen LogP contribution is -2.54. The SMILES string of the molecule is CCCC1CCCCN1C1CC(C(C)(C)C)CCC1CN. The van der Waals surface area contributed by atoms with Gasteiger partial charge in [0.1, 0.15) is 0 Å². The van der Waals surface area contributed by atoms with E-state index in [1.165, 1.54) is 57.9 Å². The molecule has 0 aromatic carbocycles. The van der Waals surface area contributed by atoms with Crippen molar-refractivity contribution >= 4 is 0 Å². The van der Waals surface area contributed by atoms with Crippen LogP contribution in [0.15, 0.2) is 0 Å². The Morgan fingerprint density at radius 1 is 1.10 bits per heavy atom. The predicted octanol–water partition coefficient (Wildman–Crippen LogP) is 4.43. The molecule has 2 N–H and O–H groups in total. The summed E-state index contributed by atoms with van der Waals surface area (Å²) >= 11 is 0. The Kier molecular flexibility index (Phi) is 6.14. The number of hydrogen-bond donors (Lipinski definition) is 1. The third-order valence-corrected chi connectivity index (χ3v) is 6.20. The lowest BCUT2D eigenvalue weighted by atomic mass is 9.67. The summed E-state index contributed by atoms with van der Waals surface area (Å²) in [7, 11) is 0. The minimum absolute atomic E-state index is 0.452. The van der Waals surface area contributed by atoms with Gasteiger partial charge >= 0.3 is 0 Å². The average Bonchev–Trinajstić information content (AvgIpc) is 2.46. The summed E-state index contributed by atoms with van der Waals surface area (Å²) in [4.78, 5) is 2.89. The van der Waals surface area contributed by atoms with Crippen molar-refractivity contribution in [2.45, 2.75) is 91.1 Å². The van der Waals surface area contributed by atoms with E-state index in [0.717, 1.165) is 30.5 Å². The van der Waals surface area contributed by atoms with Crippen LogP contribution >= 0.6 is 0 Å². The van der Waals surface area contributed by atoms with Gasteiger partial charge in [0, 0.05) is 12.1 Å². The highest BCUT2D eigenvalue weighted by atomic mass is 15.2. The maximum Gasteiger partial charge on any atom is 0.0141 e. The van der Waals surface area contributed by atoms with Gasteiger partial charge in [0.15, 0.2) is 0 Å². The molecular weight excluding hydrogens is 256 g/mol. The number of piperidine rings is 1. The van der Waals surface area contributed by atoms with Crippen molar-refractivity contribution in [2.75, 3.05) is 13.1 Å². The first-order chi connectivity index (χ1) is 9.97. The quantitative estimate of drug-likeness (QED) is 0.831. The van der Waals surface area contributed by atoms with Crippen LogP contribution in [0.4, 0.5) is 0 Å². The lowest BCUT2D eigenvalue weighted by Gasteiger charge is -2.50. The second kappa shape index (κ2) is 7.46. The largest absolute Gasteiger partial charge is 0.330 e. The molecule has 1 aliphatic heterocycles. The van der Waals surface area contributed by atoms with Gasteiger partial charge in [0.05, 0.1) is 0 Å². The first-order valence-corrected chi connectivity index (χ1v) is 9.43. The van der Waals surface area contributed by atoms with Gasteiger partial charge < -0.3 is 5.73 Å². The molecule has 1 saturated heterocycles. The molecule has 2 heteroatoms. The van der Waals surface area contributed by atoms with E-state index in [2.05, 4.69) is 32.6 Å². The van der Waals surface area contributed by atoms with Gasteiger partial charge in [-0.15, -0.1) is 0 Å². The molecule has 0 aromatic heterocycles. The molecule has 0 aromatic rings. The van der Waals surface area contributed by atoms with Crippen molar-refractivity contribution in [2.24, 2.45) is 23.0 Å². The Hall–Kier alpha value is -0.0800. The van der Waals surface area contributed by atoms with Crippen molar-refractivity contribution in [3.05, 3.63) is 0 Å². The van der Waals surface area contributed by atoms with E-state index in [0.29, 0.717) is 5.41 Å². The van der Waals surface area contributed by atoms with Crippen LogP contribution in [0.3, 0.4) is 0 Å². The predicted molar refractivity (Wildman–Crippen MR) is 92.4 cm³/mol. The molecular formula is C19H38N2. The first-order valence-electron chi connectivity index (χ1n) is 9.43. The Morgan fingerprint density at radius 3 is 2.48 bits per heavy atom. The van der Waals surface area contributed by atoms with Crippen LogP contribution in [0, 0.1) is 17.3 Å². The van der Waals surface area contributed by atoms with E-state index in [1.54, 1.807) is 0 Å². The Morgan fingerprint density at radius 2 is 1.86 bits per heavy atom. The minimum Gasteiger partial charge on any atom is -0.330 e. The van der Waals surface area contributed by atoms with E-state index in [-0.39, 0.29) is 0 Å². The minimum atomic E-state index is 0.452. The normalized spacial score (nSPS) is 35.9. The number of nitrogens with two attached hydrogens (primary N) is 1. The summed E-state index contributed by atoms with van der Waals surface area (Å²) in [5.74, 6) is 1.61. The topological polar surface area (TPSA) is 29.3 Å². The Bertz CT molecular complexity index is 305.